The van der Waals surface area contributed by atoms with Gasteiger partial charge in [0.15, 0.2) is 5.78 Å². The lowest BCUT2D eigenvalue weighted by molar-refractivity contribution is -0.114. The molecule has 0 saturated carbocycles. The minimum absolute atomic E-state index is 0.154. The quantitative estimate of drug-likeness (QED) is 0.804. The van der Waals surface area contributed by atoms with Gasteiger partial charge in [-0.3, -0.25) is 9.59 Å². The van der Waals surface area contributed by atoms with Crippen LogP contribution in [0.25, 0.3) is 0 Å². The molecule has 0 aliphatic carbocycles. The van der Waals surface area contributed by atoms with Crippen molar-refractivity contribution in [3.63, 3.8) is 0 Å². The van der Waals surface area contributed by atoms with Gasteiger partial charge >= 0.3 is 0 Å². The van der Waals surface area contributed by atoms with E-state index < -0.39 is 0 Å². The Morgan fingerprint density at radius 1 is 0.957 bits per heavy atom. The smallest absolute Gasteiger partial charge is 0.248 e. The van der Waals surface area contributed by atoms with E-state index in [1.54, 1.807) is 0 Å². The number of hydrogen-bond acceptors (Lipinski definition) is 3. The van der Waals surface area contributed by atoms with Gasteiger partial charge in [-0.15, -0.1) is 0 Å². The number of carbonyl (C=O) groups is 2. The van der Waals surface area contributed by atoms with Crippen molar-refractivity contribution in [1.82, 2.24) is 0 Å². The maximum Gasteiger partial charge on any atom is 0.248 e. The molecule has 0 bridgehead atoms. The molecule has 0 spiro atoms. The molecule has 0 aliphatic heterocycles. The highest BCUT2D eigenvalue weighted by atomic mass is 16.1. The van der Waals surface area contributed by atoms with Crippen LogP contribution >= 0.6 is 0 Å². The summed E-state index contributed by atoms with van der Waals surface area (Å²) in [5, 5.41) is 5.88. The molecule has 0 aromatic heterocycles. The molecule has 2 N–H and O–H groups in total. The summed E-state index contributed by atoms with van der Waals surface area (Å²) in [7, 11) is 1.89. The van der Waals surface area contributed by atoms with E-state index in [-0.39, 0.29) is 11.7 Å². The molecule has 0 heterocycles. The van der Waals surface area contributed by atoms with Crippen LogP contribution in [0, 0.1) is 0 Å². The predicted octanol–water partition coefficient (Wildman–Crippen LogP) is 3.40. The zero-order chi connectivity index (χ0) is 16.7. The van der Waals surface area contributed by atoms with Crippen molar-refractivity contribution in [2.24, 2.45) is 0 Å². The highest BCUT2D eigenvalue weighted by Gasteiger charge is 2.02. The molecule has 0 radical (unpaired) electrons. The Kier molecular flexibility index (Phi) is 5.69. The first kappa shape index (κ1) is 16.5. The summed E-state index contributed by atoms with van der Waals surface area (Å²) < 4.78 is 0. The summed E-state index contributed by atoms with van der Waals surface area (Å²) in [6.45, 7) is 1.41. The Morgan fingerprint density at radius 3 is 2.17 bits per heavy atom. The summed E-state index contributed by atoms with van der Waals surface area (Å²) in [5.41, 5.74) is 4.08. The predicted molar refractivity (Wildman–Crippen MR) is 93.7 cm³/mol. The molecule has 0 atom stereocenters. The molecular formula is C19H20N2O2. The van der Waals surface area contributed by atoms with Crippen LogP contribution in [-0.2, 0) is 16.0 Å². The van der Waals surface area contributed by atoms with Gasteiger partial charge in [0.05, 0.1) is 0 Å². The van der Waals surface area contributed by atoms with E-state index in [9.17, 15) is 9.59 Å². The summed E-state index contributed by atoms with van der Waals surface area (Å²) >= 11 is 0. The lowest BCUT2D eigenvalue weighted by atomic mass is 10.0. The number of rotatable bonds is 6. The number of anilines is 2. The molecule has 2 aromatic carbocycles. The second kappa shape index (κ2) is 7.94. The monoisotopic (exact) mass is 308 g/mol. The van der Waals surface area contributed by atoms with Gasteiger partial charge in [-0.1, -0.05) is 24.3 Å². The zero-order valence-electron chi connectivity index (χ0n) is 13.3. The molecule has 1 amide bonds. The van der Waals surface area contributed by atoms with Crippen LogP contribution in [0.4, 0.5) is 11.4 Å². The van der Waals surface area contributed by atoms with Crippen molar-refractivity contribution in [3.8, 4) is 0 Å². The van der Waals surface area contributed by atoms with Gasteiger partial charge in [-0.05, 0) is 54.8 Å². The molecule has 118 valence electrons. The number of amides is 1. The largest absolute Gasteiger partial charge is 0.388 e. The van der Waals surface area contributed by atoms with E-state index in [0.717, 1.165) is 17.7 Å². The summed E-state index contributed by atoms with van der Waals surface area (Å²) in [6, 6.07) is 15.9. The van der Waals surface area contributed by atoms with E-state index in [2.05, 4.69) is 22.8 Å². The summed E-state index contributed by atoms with van der Waals surface area (Å²) in [6.07, 6.45) is 3.27. The zero-order valence-corrected chi connectivity index (χ0v) is 13.3. The molecule has 4 nitrogen and oxygen atoms in total. The lowest BCUT2D eigenvalue weighted by Gasteiger charge is -2.08. The average molecular weight is 308 g/mol. The minimum atomic E-state index is -0.311. The average Bonchev–Trinajstić information content (AvgIpc) is 2.53. The Labute approximate surface area is 136 Å². The van der Waals surface area contributed by atoms with Crippen molar-refractivity contribution >= 4 is 23.1 Å². The van der Waals surface area contributed by atoms with Crippen LogP contribution in [0.15, 0.2) is 60.7 Å². The van der Waals surface area contributed by atoms with Crippen LogP contribution < -0.4 is 10.6 Å². The highest BCUT2D eigenvalue weighted by molar-refractivity contribution is 6.03. The highest BCUT2D eigenvalue weighted by Crippen LogP contribution is 2.17. The van der Waals surface area contributed by atoms with E-state index in [0.29, 0.717) is 5.69 Å². The van der Waals surface area contributed by atoms with Gasteiger partial charge in [-0.2, -0.15) is 0 Å². The number of allylic oxidation sites excluding steroid dienone is 1. The van der Waals surface area contributed by atoms with Gasteiger partial charge < -0.3 is 10.6 Å². The maximum absolute atomic E-state index is 11.7. The Hall–Kier alpha value is -2.88. The maximum atomic E-state index is 11.7. The third kappa shape index (κ3) is 5.43. The minimum Gasteiger partial charge on any atom is -0.388 e. The van der Waals surface area contributed by atoms with Gasteiger partial charge in [0.1, 0.15) is 0 Å². The van der Waals surface area contributed by atoms with Crippen LogP contribution in [0.1, 0.15) is 18.1 Å². The Balaban J connectivity index is 2.07. The van der Waals surface area contributed by atoms with Gasteiger partial charge in [0.2, 0.25) is 5.91 Å². The standard InChI is InChI=1S/C19H20N2O2/c1-14(22)9-10-19(23)21-18-8-4-6-16(13-18)11-15-5-3-7-17(12-15)20-2/h3-10,12-13,20H,11H2,1-2H3,(H,21,23)/b10-9+. The van der Waals surface area contributed by atoms with Crippen LogP contribution in [0.2, 0.25) is 0 Å². The van der Waals surface area contributed by atoms with Gasteiger partial charge in [0.25, 0.3) is 0 Å². The first-order valence-corrected chi connectivity index (χ1v) is 7.42. The molecule has 0 aliphatic rings. The van der Waals surface area contributed by atoms with E-state index in [1.165, 1.54) is 24.6 Å². The van der Waals surface area contributed by atoms with E-state index >= 15 is 0 Å². The number of benzene rings is 2. The van der Waals surface area contributed by atoms with Crippen LogP contribution in [0.3, 0.4) is 0 Å². The van der Waals surface area contributed by atoms with Crippen molar-refractivity contribution in [3.05, 3.63) is 71.8 Å². The second-order valence-electron chi connectivity index (χ2n) is 5.26. The number of carbonyl (C=O) groups excluding carboxylic acids is 2. The fourth-order valence-electron chi connectivity index (χ4n) is 2.21. The number of nitrogens with one attached hydrogen (secondary N) is 2. The molecule has 2 rings (SSSR count). The molecule has 4 heteroatoms. The fraction of sp³-hybridized carbons (Fsp3) is 0.158. The third-order valence-corrected chi connectivity index (χ3v) is 3.29. The van der Waals surface area contributed by atoms with Gasteiger partial charge in [-0.25, -0.2) is 0 Å². The second-order valence-corrected chi connectivity index (χ2v) is 5.26. The van der Waals surface area contributed by atoms with Crippen LogP contribution in [-0.4, -0.2) is 18.7 Å². The topological polar surface area (TPSA) is 58.2 Å². The Morgan fingerprint density at radius 2 is 1.57 bits per heavy atom. The van der Waals surface area contributed by atoms with Gasteiger partial charge in [0, 0.05) is 24.5 Å². The first-order chi connectivity index (χ1) is 11.1. The van der Waals surface area contributed by atoms with Crippen molar-refractivity contribution in [1.29, 1.82) is 0 Å². The van der Waals surface area contributed by atoms with E-state index in [1.807, 2.05) is 43.4 Å². The fourth-order valence-corrected chi connectivity index (χ4v) is 2.21. The third-order valence-electron chi connectivity index (χ3n) is 3.29. The first-order valence-electron chi connectivity index (χ1n) is 7.42. The Bertz CT molecular complexity index is 736. The number of ketones is 1. The van der Waals surface area contributed by atoms with Crippen molar-refractivity contribution in [2.75, 3.05) is 17.7 Å². The summed E-state index contributed by atoms with van der Waals surface area (Å²) in [4.78, 5) is 22.5. The van der Waals surface area contributed by atoms with E-state index in [4.69, 9.17) is 0 Å². The molecule has 23 heavy (non-hydrogen) atoms. The molecular weight excluding hydrogens is 288 g/mol. The number of hydrogen-bond donors (Lipinski definition) is 2. The normalized spacial score (nSPS) is 10.5. The molecule has 0 saturated heterocycles. The molecule has 2 aromatic rings. The molecule has 0 fully saturated rings. The SMILES string of the molecule is CNc1cccc(Cc2cccc(NC(=O)/C=C/C(C)=O)c2)c1. The van der Waals surface area contributed by atoms with Crippen molar-refractivity contribution in [2.45, 2.75) is 13.3 Å². The van der Waals surface area contributed by atoms with Crippen molar-refractivity contribution < 1.29 is 9.59 Å². The molecule has 0 unspecified atom stereocenters. The summed E-state index contributed by atoms with van der Waals surface area (Å²) in [5.74, 6) is -0.465. The van der Waals surface area contributed by atoms with Crippen LogP contribution in [0.5, 0.6) is 0 Å². The lowest BCUT2D eigenvalue weighted by Crippen LogP contribution is -2.08.